The molecular formula is C19H23F3N10O. The van der Waals surface area contributed by atoms with Crippen LogP contribution in [0.5, 0.6) is 0 Å². The van der Waals surface area contributed by atoms with E-state index in [0.29, 0.717) is 69.4 Å². The first kappa shape index (κ1) is 21.6. The first-order chi connectivity index (χ1) is 15.9. The third-order valence-corrected chi connectivity index (χ3v) is 5.53. The number of halogens is 3. The lowest BCUT2D eigenvalue weighted by Crippen LogP contribution is -2.45. The minimum atomic E-state index is -4.45. The number of ether oxygens (including phenoxy) is 1. The number of aromatic nitrogens is 6. The molecule has 2 aliphatic heterocycles. The Kier molecular flexibility index (Phi) is 5.62. The van der Waals surface area contributed by atoms with E-state index in [2.05, 4.69) is 30.2 Å². The van der Waals surface area contributed by atoms with Crippen LogP contribution >= 0.6 is 0 Å². The molecule has 33 heavy (non-hydrogen) atoms. The molecule has 14 heteroatoms. The van der Waals surface area contributed by atoms with Crippen LogP contribution in [0.2, 0.25) is 0 Å². The Morgan fingerprint density at radius 1 is 0.970 bits per heavy atom. The molecule has 3 aromatic rings. The van der Waals surface area contributed by atoms with Gasteiger partial charge >= 0.3 is 6.18 Å². The van der Waals surface area contributed by atoms with E-state index in [-0.39, 0.29) is 23.4 Å². The summed E-state index contributed by atoms with van der Waals surface area (Å²) in [6, 6.07) is 0. The zero-order valence-corrected chi connectivity index (χ0v) is 17.7. The van der Waals surface area contributed by atoms with Crippen molar-refractivity contribution >= 4 is 28.9 Å². The molecule has 0 aromatic carbocycles. The Morgan fingerprint density at radius 3 is 2.33 bits per heavy atom. The van der Waals surface area contributed by atoms with Crippen LogP contribution in [0.3, 0.4) is 0 Å². The number of nitrogens with two attached hydrogens (primary N) is 1. The fourth-order valence-electron chi connectivity index (χ4n) is 3.98. The molecule has 2 aliphatic rings. The van der Waals surface area contributed by atoms with Gasteiger partial charge in [-0.2, -0.15) is 13.2 Å². The van der Waals surface area contributed by atoms with Crippen molar-refractivity contribution in [1.82, 2.24) is 34.8 Å². The van der Waals surface area contributed by atoms with Gasteiger partial charge in [-0.1, -0.05) is 0 Å². The molecule has 3 aromatic heterocycles. The van der Waals surface area contributed by atoms with Crippen LogP contribution in [0.1, 0.15) is 0 Å². The molecular weight excluding hydrogens is 441 g/mol. The molecule has 0 saturated carbocycles. The topological polar surface area (TPSA) is 123 Å². The number of alkyl halides is 3. The van der Waals surface area contributed by atoms with Gasteiger partial charge in [0.1, 0.15) is 6.54 Å². The van der Waals surface area contributed by atoms with Gasteiger partial charge < -0.3 is 25.6 Å². The molecule has 5 rings (SSSR count). The third kappa shape index (κ3) is 4.48. The average molecular weight is 464 g/mol. The second kappa shape index (κ2) is 8.59. The third-order valence-electron chi connectivity index (χ3n) is 5.53. The van der Waals surface area contributed by atoms with Gasteiger partial charge in [0.05, 0.1) is 18.8 Å². The number of nitrogen functional groups attached to an aromatic ring is 1. The fraction of sp³-hybridized carbons (Fsp3) is 0.526. The maximum atomic E-state index is 13.6. The van der Waals surface area contributed by atoms with E-state index in [4.69, 9.17) is 10.5 Å². The molecule has 11 nitrogen and oxygen atoms in total. The van der Waals surface area contributed by atoms with Crippen LogP contribution in [-0.4, -0.2) is 88.1 Å². The summed E-state index contributed by atoms with van der Waals surface area (Å²) in [5, 5.41) is 3.21. The number of hydrogen-bond acceptors (Lipinski definition) is 10. The number of morpholine rings is 1. The van der Waals surface area contributed by atoms with Crippen LogP contribution in [-0.2, 0) is 11.3 Å². The molecule has 5 heterocycles. The monoisotopic (exact) mass is 464 g/mol. The summed E-state index contributed by atoms with van der Waals surface area (Å²) in [4.78, 5) is 25.6. The van der Waals surface area contributed by atoms with Crippen LogP contribution in [0.4, 0.5) is 30.9 Å². The number of nitrogens with zero attached hydrogens (tertiary/aromatic N) is 8. The number of nitrogens with one attached hydrogen (secondary N) is 1. The highest BCUT2D eigenvalue weighted by atomic mass is 19.4. The van der Waals surface area contributed by atoms with Crippen LogP contribution < -0.4 is 20.9 Å². The molecule has 0 spiro atoms. The second-order valence-electron chi connectivity index (χ2n) is 7.82. The predicted octanol–water partition coefficient (Wildman–Crippen LogP) is 0.674. The van der Waals surface area contributed by atoms with Crippen molar-refractivity contribution < 1.29 is 17.9 Å². The van der Waals surface area contributed by atoms with Crippen molar-refractivity contribution in [2.75, 3.05) is 68.0 Å². The van der Waals surface area contributed by atoms with Crippen molar-refractivity contribution in [3.8, 4) is 11.4 Å². The largest absolute Gasteiger partial charge is 0.406 e. The van der Waals surface area contributed by atoms with Crippen molar-refractivity contribution in [3.63, 3.8) is 0 Å². The molecule has 0 aliphatic carbocycles. The van der Waals surface area contributed by atoms with E-state index in [0.717, 1.165) is 4.57 Å². The van der Waals surface area contributed by atoms with Crippen molar-refractivity contribution in [2.45, 2.75) is 12.7 Å². The zero-order valence-electron chi connectivity index (χ0n) is 17.7. The Hall–Kier alpha value is -3.26. The van der Waals surface area contributed by atoms with E-state index in [9.17, 15) is 13.2 Å². The maximum Gasteiger partial charge on any atom is 0.406 e. The molecule has 2 saturated heterocycles. The highest BCUT2D eigenvalue weighted by Gasteiger charge is 2.34. The molecule has 0 radical (unpaired) electrons. The molecule has 0 atom stereocenters. The number of fused-ring (bicyclic) bond motifs is 1. The number of imidazole rings is 1. The molecule has 0 unspecified atom stereocenters. The van der Waals surface area contributed by atoms with E-state index in [1.807, 2.05) is 9.80 Å². The zero-order chi connectivity index (χ0) is 23.0. The summed E-state index contributed by atoms with van der Waals surface area (Å²) in [5.41, 5.74) is 6.48. The lowest BCUT2D eigenvalue weighted by atomic mass is 10.3. The number of hydrogen-bond donors (Lipinski definition) is 2. The molecule has 2 fully saturated rings. The van der Waals surface area contributed by atoms with Gasteiger partial charge in [-0.25, -0.2) is 24.9 Å². The van der Waals surface area contributed by atoms with Gasteiger partial charge in [-0.05, 0) is 0 Å². The first-order valence-electron chi connectivity index (χ1n) is 10.6. The van der Waals surface area contributed by atoms with Gasteiger partial charge in [0, 0.05) is 51.7 Å². The van der Waals surface area contributed by atoms with E-state index in [1.54, 1.807) is 0 Å². The maximum absolute atomic E-state index is 13.6. The van der Waals surface area contributed by atoms with Gasteiger partial charge in [0.15, 0.2) is 22.8 Å². The Morgan fingerprint density at radius 2 is 1.67 bits per heavy atom. The normalized spacial score (nSPS) is 17.7. The highest BCUT2D eigenvalue weighted by Crippen LogP contribution is 2.33. The van der Waals surface area contributed by atoms with Crippen molar-refractivity contribution in [2.24, 2.45) is 0 Å². The Labute approximate surface area is 186 Å². The summed E-state index contributed by atoms with van der Waals surface area (Å²) >= 11 is 0. The van der Waals surface area contributed by atoms with E-state index >= 15 is 0 Å². The molecule has 3 N–H and O–H groups in total. The SMILES string of the molecule is Nc1ncc(-c2nc(N3CCOCC3)c3nc(N4CCNCC4)n(CC(F)(F)F)c3n2)cn1. The standard InChI is InChI=1S/C19H23F3N10O/c20-19(21,22)11-32-16-13(27-18(32)31-3-1-24-2-4-31)15(30-5-7-33-8-6-30)28-14(29-16)12-9-25-17(23)26-10-12/h9-10,24H,1-8,11H2,(H2,23,25,26). The summed E-state index contributed by atoms with van der Waals surface area (Å²) < 4.78 is 47.5. The minimum Gasteiger partial charge on any atom is -0.378 e. The number of anilines is 3. The summed E-state index contributed by atoms with van der Waals surface area (Å²) in [6.45, 7) is 3.24. The Balaban J connectivity index is 1.72. The summed E-state index contributed by atoms with van der Waals surface area (Å²) in [7, 11) is 0. The van der Waals surface area contributed by atoms with Crippen molar-refractivity contribution in [1.29, 1.82) is 0 Å². The molecule has 0 amide bonds. The molecule has 0 bridgehead atoms. The van der Waals surface area contributed by atoms with Gasteiger partial charge in [-0.15, -0.1) is 0 Å². The molecule has 176 valence electrons. The smallest absolute Gasteiger partial charge is 0.378 e. The average Bonchev–Trinajstić information content (AvgIpc) is 3.17. The minimum absolute atomic E-state index is 0.0799. The lowest BCUT2D eigenvalue weighted by molar-refractivity contribution is -0.139. The van der Waals surface area contributed by atoms with E-state index in [1.165, 1.54) is 12.4 Å². The Bertz CT molecular complexity index is 1120. The number of piperazine rings is 1. The predicted molar refractivity (Wildman–Crippen MR) is 115 cm³/mol. The van der Waals surface area contributed by atoms with E-state index < -0.39 is 12.7 Å². The van der Waals surface area contributed by atoms with Crippen LogP contribution in [0.25, 0.3) is 22.6 Å². The van der Waals surface area contributed by atoms with Gasteiger partial charge in [0.25, 0.3) is 0 Å². The van der Waals surface area contributed by atoms with Gasteiger partial charge in [-0.3, -0.25) is 4.57 Å². The van der Waals surface area contributed by atoms with Crippen LogP contribution in [0.15, 0.2) is 12.4 Å². The quantitative estimate of drug-likeness (QED) is 0.570. The summed E-state index contributed by atoms with van der Waals surface area (Å²) in [6.07, 6.45) is -1.55. The summed E-state index contributed by atoms with van der Waals surface area (Å²) in [5.74, 6) is 0.987. The second-order valence-corrected chi connectivity index (χ2v) is 7.82. The van der Waals surface area contributed by atoms with Gasteiger partial charge in [0.2, 0.25) is 11.9 Å². The highest BCUT2D eigenvalue weighted by molar-refractivity contribution is 5.88. The fourth-order valence-corrected chi connectivity index (χ4v) is 3.98. The number of rotatable bonds is 4. The van der Waals surface area contributed by atoms with Crippen molar-refractivity contribution in [3.05, 3.63) is 12.4 Å². The lowest BCUT2D eigenvalue weighted by Gasteiger charge is -2.28. The first-order valence-corrected chi connectivity index (χ1v) is 10.6. The van der Waals surface area contributed by atoms with Crippen LogP contribution in [0, 0.1) is 0 Å².